The van der Waals surface area contributed by atoms with E-state index in [9.17, 15) is 0 Å². The summed E-state index contributed by atoms with van der Waals surface area (Å²) >= 11 is 0. The molecule has 0 spiro atoms. The minimum Gasteiger partial charge on any atom is -0.493 e. The SMILES string of the molecule is CC(C)COc1ccccc1-c1cc(-c2ccc(N)cc2)n[nH]1. The van der Waals surface area contributed by atoms with Crippen LogP contribution in [0.4, 0.5) is 5.69 Å². The zero-order chi connectivity index (χ0) is 16.2. The minimum atomic E-state index is 0.482. The predicted octanol–water partition coefficient (Wildman–Crippen LogP) is 4.36. The van der Waals surface area contributed by atoms with Crippen molar-refractivity contribution in [2.24, 2.45) is 5.92 Å². The van der Waals surface area contributed by atoms with E-state index in [1.165, 1.54) is 0 Å². The molecule has 0 saturated carbocycles. The summed E-state index contributed by atoms with van der Waals surface area (Å²) in [7, 11) is 0. The standard InChI is InChI=1S/C19H21N3O/c1-13(2)12-23-19-6-4-3-5-16(19)18-11-17(21-22-18)14-7-9-15(20)10-8-14/h3-11,13H,12,20H2,1-2H3,(H,21,22). The maximum Gasteiger partial charge on any atom is 0.128 e. The predicted molar refractivity (Wildman–Crippen MR) is 94.2 cm³/mol. The molecule has 23 heavy (non-hydrogen) atoms. The van der Waals surface area contributed by atoms with Gasteiger partial charge in [0, 0.05) is 16.8 Å². The highest BCUT2D eigenvalue weighted by Gasteiger charge is 2.11. The molecule has 0 radical (unpaired) electrons. The second kappa shape index (κ2) is 6.57. The minimum absolute atomic E-state index is 0.482. The topological polar surface area (TPSA) is 63.9 Å². The van der Waals surface area contributed by atoms with Crippen LogP contribution in [0.25, 0.3) is 22.5 Å². The second-order valence-corrected chi connectivity index (χ2v) is 5.99. The average Bonchev–Trinajstić information content (AvgIpc) is 3.03. The lowest BCUT2D eigenvalue weighted by Crippen LogP contribution is -2.05. The number of ether oxygens (including phenoxy) is 1. The van der Waals surface area contributed by atoms with Gasteiger partial charge in [0.1, 0.15) is 5.75 Å². The van der Waals surface area contributed by atoms with Crippen LogP contribution in [0.1, 0.15) is 13.8 Å². The van der Waals surface area contributed by atoms with Crippen molar-refractivity contribution >= 4 is 5.69 Å². The van der Waals surface area contributed by atoms with E-state index >= 15 is 0 Å². The van der Waals surface area contributed by atoms with Gasteiger partial charge >= 0.3 is 0 Å². The highest BCUT2D eigenvalue weighted by molar-refractivity contribution is 5.72. The maximum absolute atomic E-state index is 5.92. The van der Waals surface area contributed by atoms with Crippen LogP contribution in [0.3, 0.4) is 0 Å². The molecule has 0 amide bonds. The normalized spacial score (nSPS) is 10.9. The van der Waals surface area contributed by atoms with Gasteiger partial charge in [-0.05, 0) is 36.2 Å². The van der Waals surface area contributed by atoms with E-state index in [0.717, 1.165) is 34.0 Å². The van der Waals surface area contributed by atoms with Gasteiger partial charge in [0.15, 0.2) is 0 Å². The fourth-order valence-corrected chi connectivity index (χ4v) is 2.33. The Morgan fingerprint density at radius 3 is 2.57 bits per heavy atom. The zero-order valence-electron chi connectivity index (χ0n) is 13.4. The summed E-state index contributed by atoms with van der Waals surface area (Å²) in [6.07, 6.45) is 0. The van der Waals surface area contributed by atoms with Crippen LogP contribution in [-0.2, 0) is 0 Å². The van der Waals surface area contributed by atoms with Gasteiger partial charge in [-0.2, -0.15) is 5.10 Å². The van der Waals surface area contributed by atoms with Crippen molar-refractivity contribution in [3.63, 3.8) is 0 Å². The number of aromatic amines is 1. The largest absolute Gasteiger partial charge is 0.493 e. The monoisotopic (exact) mass is 307 g/mol. The van der Waals surface area contributed by atoms with Crippen molar-refractivity contribution < 1.29 is 4.74 Å². The first-order chi connectivity index (χ1) is 11.1. The molecule has 0 aliphatic rings. The molecule has 0 fully saturated rings. The number of H-pyrrole nitrogens is 1. The highest BCUT2D eigenvalue weighted by atomic mass is 16.5. The molecule has 1 aromatic heterocycles. The second-order valence-electron chi connectivity index (χ2n) is 5.99. The molecule has 4 heteroatoms. The molecule has 0 aliphatic carbocycles. The fraction of sp³-hybridized carbons (Fsp3) is 0.211. The Hall–Kier alpha value is -2.75. The molecule has 2 aromatic carbocycles. The smallest absolute Gasteiger partial charge is 0.128 e. The molecule has 0 bridgehead atoms. The molecular formula is C19H21N3O. The number of nitrogens with one attached hydrogen (secondary N) is 1. The number of para-hydroxylation sites is 1. The van der Waals surface area contributed by atoms with Gasteiger partial charge in [0.05, 0.1) is 18.0 Å². The molecular weight excluding hydrogens is 286 g/mol. The number of anilines is 1. The van der Waals surface area contributed by atoms with Crippen LogP contribution in [-0.4, -0.2) is 16.8 Å². The quantitative estimate of drug-likeness (QED) is 0.688. The van der Waals surface area contributed by atoms with E-state index < -0.39 is 0 Å². The molecule has 1 heterocycles. The third-order valence-electron chi connectivity index (χ3n) is 3.53. The van der Waals surface area contributed by atoms with Crippen LogP contribution < -0.4 is 10.5 Å². The van der Waals surface area contributed by atoms with Gasteiger partial charge in [0.25, 0.3) is 0 Å². The molecule has 4 nitrogen and oxygen atoms in total. The van der Waals surface area contributed by atoms with Gasteiger partial charge in [-0.1, -0.05) is 38.1 Å². The number of hydrogen-bond acceptors (Lipinski definition) is 3. The van der Waals surface area contributed by atoms with E-state index in [4.69, 9.17) is 10.5 Å². The lowest BCUT2D eigenvalue weighted by Gasteiger charge is -2.11. The van der Waals surface area contributed by atoms with Crippen molar-refractivity contribution in [2.75, 3.05) is 12.3 Å². The molecule has 0 unspecified atom stereocenters. The molecule has 3 aromatic rings. The average molecular weight is 307 g/mol. The summed E-state index contributed by atoms with van der Waals surface area (Å²) in [5, 5.41) is 7.51. The summed E-state index contributed by atoms with van der Waals surface area (Å²) in [6.45, 7) is 4.96. The summed E-state index contributed by atoms with van der Waals surface area (Å²) in [6, 6.07) is 17.7. The first kappa shape index (κ1) is 15.2. The third-order valence-corrected chi connectivity index (χ3v) is 3.53. The fourth-order valence-electron chi connectivity index (χ4n) is 2.33. The Kier molecular flexibility index (Phi) is 4.33. The number of hydrogen-bond donors (Lipinski definition) is 2. The van der Waals surface area contributed by atoms with E-state index in [1.807, 2.05) is 54.6 Å². The molecule has 118 valence electrons. The number of nitrogens with zero attached hydrogens (tertiary/aromatic N) is 1. The molecule has 0 saturated heterocycles. The third kappa shape index (κ3) is 3.54. The van der Waals surface area contributed by atoms with Gasteiger partial charge < -0.3 is 10.5 Å². The number of nitrogen functional groups attached to an aromatic ring is 1. The van der Waals surface area contributed by atoms with Crippen LogP contribution in [0.5, 0.6) is 5.75 Å². The summed E-state index contributed by atoms with van der Waals surface area (Å²) in [4.78, 5) is 0. The molecule has 3 N–H and O–H groups in total. The number of nitrogens with two attached hydrogens (primary N) is 1. The molecule has 0 atom stereocenters. The number of benzene rings is 2. The van der Waals surface area contributed by atoms with Gasteiger partial charge in [-0.15, -0.1) is 0 Å². The zero-order valence-corrected chi connectivity index (χ0v) is 13.4. The van der Waals surface area contributed by atoms with Crippen molar-refractivity contribution in [3.8, 4) is 28.3 Å². The van der Waals surface area contributed by atoms with Crippen molar-refractivity contribution in [2.45, 2.75) is 13.8 Å². The lowest BCUT2D eigenvalue weighted by atomic mass is 10.1. The van der Waals surface area contributed by atoms with Crippen LogP contribution in [0.15, 0.2) is 54.6 Å². The summed E-state index contributed by atoms with van der Waals surface area (Å²) < 4.78 is 5.92. The van der Waals surface area contributed by atoms with Gasteiger partial charge in [-0.25, -0.2) is 0 Å². The van der Waals surface area contributed by atoms with Crippen LogP contribution >= 0.6 is 0 Å². The Balaban J connectivity index is 1.90. The van der Waals surface area contributed by atoms with Crippen molar-refractivity contribution in [3.05, 3.63) is 54.6 Å². The van der Waals surface area contributed by atoms with E-state index in [-0.39, 0.29) is 0 Å². The summed E-state index contributed by atoms with van der Waals surface area (Å²) in [5.41, 5.74) is 10.4. The van der Waals surface area contributed by atoms with Crippen LogP contribution in [0, 0.1) is 5.92 Å². The van der Waals surface area contributed by atoms with E-state index in [0.29, 0.717) is 12.5 Å². The van der Waals surface area contributed by atoms with E-state index in [1.54, 1.807) is 0 Å². The summed E-state index contributed by atoms with van der Waals surface area (Å²) in [5.74, 6) is 1.35. The maximum atomic E-state index is 5.92. The van der Waals surface area contributed by atoms with E-state index in [2.05, 4.69) is 24.0 Å². The van der Waals surface area contributed by atoms with Crippen molar-refractivity contribution in [1.82, 2.24) is 10.2 Å². The molecule has 0 aliphatic heterocycles. The number of rotatable bonds is 5. The Morgan fingerprint density at radius 1 is 1.09 bits per heavy atom. The Labute approximate surface area is 136 Å². The number of aromatic nitrogens is 2. The van der Waals surface area contributed by atoms with Crippen LogP contribution in [0.2, 0.25) is 0 Å². The first-order valence-electron chi connectivity index (χ1n) is 7.77. The van der Waals surface area contributed by atoms with Gasteiger partial charge in [0.2, 0.25) is 0 Å². The Bertz CT molecular complexity index is 775. The van der Waals surface area contributed by atoms with Gasteiger partial charge in [-0.3, -0.25) is 5.10 Å². The van der Waals surface area contributed by atoms with Crippen molar-refractivity contribution in [1.29, 1.82) is 0 Å². The highest BCUT2D eigenvalue weighted by Crippen LogP contribution is 2.31. The molecule has 3 rings (SSSR count). The first-order valence-corrected chi connectivity index (χ1v) is 7.77. The Morgan fingerprint density at radius 2 is 1.83 bits per heavy atom. The lowest BCUT2D eigenvalue weighted by molar-refractivity contribution is 0.272.